The number of carbonyl (C=O) groups is 5. The Kier molecular flexibility index (Phi) is 10.7. The molecule has 0 aromatic heterocycles. The number of fused-ring (bicyclic) bond motifs is 5. The lowest BCUT2D eigenvalue weighted by Crippen LogP contribution is -2.80. The molecule has 4 N–H and O–H groups in total. The maximum Gasteiger partial charge on any atom is 0.338 e. The highest BCUT2D eigenvalue weighted by molar-refractivity contribution is 5.95. The summed E-state index contributed by atoms with van der Waals surface area (Å²) >= 11 is 0. The van der Waals surface area contributed by atoms with Crippen LogP contribution in [0, 0.1) is 16.7 Å². The molecular formula is C45H49NO12. The van der Waals surface area contributed by atoms with Gasteiger partial charge in [-0.05, 0) is 49.2 Å². The number of hydrogen-bond acceptors (Lipinski definition) is 12. The van der Waals surface area contributed by atoms with Crippen LogP contribution in [-0.4, -0.2) is 93.2 Å². The van der Waals surface area contributed by atoms with E-state index in [0.717, 1.165) is 0 Å². The van der Waals surface area contributed by atoms with Crippen molar-refractivity contribution in [2.75, 3.05) is 6.61 Å². The highest BCUT2D eigenvalue weighted by Crippen LogP contribution is 2.64. The second-order valence-electron chi connectivity index (χ2n) is 16.7. The number of rotatable bonds is 9. The minimum atomic E-state index is -2.17. The van der Waals surface area contributed by atoms with Gasteiger partial charge in [0.05, 0.1) is 35.6 Å². The number of hydrogen-bond donors (Lipinski definition) is 4. The average molecular weight is 796 g/mol. The molecule has 2 saturated carbocycles. The Morgan fingerprint density at radius 2 is 1.47 bits per heavy atom. The Bertz CT molecular complexity index is 2120. The summed E-state index contributed by atoms with van der Waals surface area (Å²) in [5, 5.41) is 39.7. The van der Waals surface area contributed by atoms with Crippen LogP contribution in [0.4, 0.5) is 0 Å². The van der Waals surface area contributed by atoms with E-state index in [4.69, 9.17) is 18.9 Å². The highest BCUT2D eigenvalue weighted by atomic mass is 16.6. The van der Waals surface area contributed by atoms with Gasteiger partial charge in [0.15, 0.2) is 11.7 Å². The van der Waals surface area contributed by atoms with E-state index in [1.54, 1.807) is 107 Å². The van der Waals surface area contributed by atoms with Gasteiger partial charge in [-0.1, -0.05) is 86.2 Å². The van der Waals surface area contributed by atoms with Crippen molar-refractivity contribution >= 4 is 29.6 Å². The molecule has 13 heteroatoms. The fourth-order valence-corrected chi connectivity index (χ4v) is 9.76. The predicted octanol–water partition coefficient (Wildman–Crippen LogP) is 4.19. The van der Waals surface area contributed by atoms with E-state index >= 15 is 0 Å². The molecule has 2 bridgehead atoms. The summed E-state index contributed by atoms with van der Waals surface area (Å²) in [6, 6.07) is 23.5. The first-order chi connectivity index (χ1) is 27.5. The van der Waals surface area contributed by atoms with Crippen molar-refractivity contribution in [2.45, 2.75) is 102 Å². The summed E-state index contributed by atoms with van der Waals surface area (Å²) in [5.41, 5.74) is -5.19. The van der Waals surface area contributed by atoms with Gasteiger partial charge in [0.2, 0.25) is 0 Å². The Labute approximate surface area is 336 Å². The number of aliphatic hydroxyl groups excluding tert-OH is 2. The molecule has 0 spiro atoms. The van der Waals surface area contributed by atoms with Gasteiger partial charge in [0.1, 0.15) is 29.7 Å². The molecule has 3 aromatic rings. The lowest BCUT2D eigenvalue weighted by molar-refractivity contribution is -0.344. The molecule has 58 heavy (non-hydrogen) atoms. The van der Waals surface area contributed by atoms with E-state index < -0.39 is 101 Å². The summed E-state index contributed by atoms with van der Waals surface area (Å²) in [6.45, 7) is 7.62. The number of amides is 1. The van der Waals surface area contributed by atoms with E-state index in [9.17, 15) is 39.3 Å². The van der Waals surface area contributed by atoms with Gasteiger partial charge in [-0.15, -0.1) is 0 Å². The van der Waals surface area contributed by atoms with Crippen LogP contribution in [0.5, 0.6) is 0 Å². The summed E-state index contributed by atoms with van der Waals surface area (Å²) in [5.74, 6) is -5.03. The third-order valence-corrected chi connectivity index (χ3v) is 13.2. The number of esters is 3. The van der Waals surface area contributed by atoms with Crippen LogP contribution in [-0.2, 0) is 33.3 Å². The third kappa shape index (κ3) is 6.63. The largest absolute Gasteiger partial charge is 0.456 e. The molecular weight excluding hydrogens is 746 g/mol. The number of benzene rings is 3. The Morgan fingerprint density at radius 1 is 0.879 bits per heavy atom. The quantitative estimate of drug-likeness (QED) is 0.137. The van der Waals surface area contributed by atoms with Crippen LogP contribution >= 0.6 is 0 Å². The first kappa shape index (κ1) is 41.0. The molecule has 1 saturated heterocycles. The number of ether oxygens (including phenoxy) is 4. The van der Waals surface area contributed by atoms with E-state index in [-0.39, 0.29) is 25.0 Å². The molecule has 4 aliphatic rings. The molecule has 1 aliphatic heterocycles. The number of Topliss-reactive ketones (excluding diaryl/α,β-unsaturated/α-hetero) is 1. The van der Waals surface area contributed by atoms with Crippen molar-refractivity contribution in [3.63, 3.8) is 0 Å². The standard InChI is InChI=1S/C45H49NO12/c1-25-30-21-32(48)43(5)33(49)22-34-44(24-55-34,58-26(2)47)37(43)38(57-40(52)29-19-13-8-14-20-29)45(54,42(30,3)4)23-31(25)56-41(53)36(50)35(27-15-9-6-10-16-27)46-39(51)28-17-11-7-12-18-28/h6-20,31,33-38,49-50,54H,21-24H2,1-5H3,(H,46,51)/t31-,33-,34+,35-,36+,37?,38?,43+,44-,45+/m0/s1. The van der Waals surface area contributed by atoms with Crippen molar-refractivity contribution in [3.05, 3.63) is 119 Å². The van der Waals surface area contributed by atoms with Crippen molar-refractivity contribution in [3.8, 4) is 0 Å². The van der Waals surface area contributed by atoms with E-state index in [2.05, 4.69) is 5.32 Å². The number of ketones is 1. The minimum Gasteiger partial charge on any atom is -0.456 e. The number of carbonyl (C=O) groups excluding carboxylic acids is 5. The van der Waals surface area contributed by atoms with E-state index in [1.165, 1.54) is 19.1 Å². The monoisotopic (exact) mass is 795 g/mol. The number of aliphatic hydroxyl groups is 3. The van der Waals surface area contributed by atoms with Crippen molar-refractivity contribution in [2.24, 2.45) is 16.7 Å². The summed E-state index contributed by atoms with van der Waals surface area (Å²) in [7, 11) is 0. The Hall–Kier alpha value is -5.21. The number of nitrogens with one attached hydrogen (secondary N) is 1. The minimum absolute atomic E-state index is 0.0628. The topological polar surface area (TPSA) is 195 Å². The lowest BCUT2D eigenvalue weighted by atomic mass is 9.45. The van der Waals surface area contributed by atoms with Gasteiger partial charge in [-0.3, -0.25) is 14.4 Å². The molecule has 1 heterocycles. The fourth-order valence-electron chi connectivity index (χ4n) is 9.76. The summed E-state index contributed by atoms with van der Waals surface area (Å²) < 4.78 is 24.4. The van der Waals surface area contributed by atoms with E-state index in [0.29, 0.717) is 22.3 Å². The Morgan fingerprint density at radius 3 is 2.03 bits per heavy atom. The molecule has 0 radical (unpaired) electrons. The maximum absolute atomic E-state index is 14.9. The van der Waals surface area contributed by atoms with Gasteiger partial charge in [0.25, 0.3) is 5.91 Å². The molecule has 3 aliphatic carbocycles. The molecule has 2 unspecified atom stereocenters. The zero-order chi connectivity index (χ0) is 41.8. The van der Waals surface area contributed by atoms with Gasteiger partial charge >= 0.3 is 17.9 Å². The van der Waals surface area contributed by atoms with Gasteiger partial charge in [0, 0.05) is 37.2 Å². The summed E-state index contributed by atoms with van der Waals surface area (Å²) in [6.07, 6.45) is -7.90. The molecule has 306 valence electrons. The SMILES string of the molecule is CC(=O)O[C@@]12CO[C@@H]1C[C@H](O)[C@@]1(C)C(=O)CC3=C(C)[C@@H](OC(=O)[C@H](O)[C@@H](NC(=O)c4ccccc4)c4ccccc4)C[C@@](O)(C(OC(=O)c4ccccc4)C12)C3(C)C. The van der Waals surface area contributed by atoms with Gasteiger partial charge in [-0.2, -0.15) is 0 Å². The molecule has 1 amide bonds. The van der Waals surface area contributed by atoms with Gasteiger partial charge < -0.3 is 39.6 Å². The van der Waals surface area contributed by atoms with Crippen LogP contribution < -0.4 is 5.32 Å². The smallest absolute Gasteiger partial charge is 0.338 e. The average Bonchev–Trinajstić information content (AvgIpc) is 3.20. The molecule has 3 aromatic carbocycles. The van der Waals surface area contributed by atoms with Crippen LogP contribution in [0.15, 0.2) is 102 Å². The second-order valence-corrected chi connectivity index (χ2v) is 16.7. The zero-order valence-electron chi connectivity index (χ0n) is 33.0. The summed E-state index contributed by atoms with van der Waals surface area (Å²) in [4.78, 5) is 69.3. The molecule has 13 nitrogen and oxygen atoms in total. The third-order valence-electron chi connectivity index (χ3n) is 13.2. The molecule has 3 fully saturated rings. The highest BCUT2D eigenvalue weighted by Gasteiger charge is 2.77. The van der Waals surface area contributed by atoms with Crippen molar-refractivity contribution in [1.29, 1.82) is 0 Å². The fraction of sp³-hybridized carbons (Fsp3) is 0.444. The van der Waals surface area contributed by atoms with Crippen molar-refractivity contribution in [1.82, 2.24) is 5.32 Å². The normalized spacial score (nSPS) is 32.1. The zero-order valence-corrected chi connectivity index (χ0v) is 33.0. The second kappa shape index (κ2) is 15.2. The first-order valence-electron chi connectivity index (χ1n) is 19.5. The van der Waals surface area contributed by atoms with Crippen LogP contribution in [0.25, 0.3) is 0 Å². The van der Waals surface area contributed by atoms with Crippen molar-refractivity contribution < 1.29 is 58.2 Å². The maximum atomic E-state index is 14.9. The lowest BCUT2D eigenvalue weighted by Gasteiger charge is -2.67. The Balaban J connectivity index is 1.32. The van der Waals surface area contributed by atoms with Crippen LogP contribution in [0.3, 0.4) is 0 Å². The van der Waals surface area contributed by atoms with Crippen LogP contribution in [0.2, 0.25) is 0 Å². The van der Waals surface area contributed by atoms with E-state index in [1.807, 2.05) is 0 Å². The predicted molar refractivity (Wildman–Crippen MR) is 207 cm³/mol. The molecule has 10 atom stereocenters. The van der Waals surface area contributed by atoms with Gasteiger partial charge in [-0.25, -0.2) is 9.59 Å². The molecule has 7 rings (SSSR count). The van der Waals surface area contributed by atoms with Crippen LogP contribution in [0.1, 0.15) is 86.2 Å². The first-order valence-corrected chi connectivity index (χ1v) is 19.5.